The fraction of sp³-hybridized carbons (Fsp3) is 0.312. The standard InChI is InChI=1S/C16H17N3O2S2/c1-5-21-16(20)13-10(3)11(4)23-15(13)18-7-12(6-17)14-19-9(2)8-22-14/h7-8,18H,5H2,1-4H3/b12-7+. The molecule has 2 aromatic rings. The first-order valence-electron chi connectivity index (χ1n) is 7.04. The second-order valence-electron chi connectivity index (χ2n) is 4.82. The van der Waals surface area contributed by atoms with Crippen LogP contribution in [0.5, 0.6) is 0 Å². The number of hydrogen-bond acceptors (Lipinski definition) is 7. The Hall–Kier alpha value is -2.17. The first kappa shape index (κ1) is 17.2. The van der Waals surface area contributed by atoms with E-state index in [1.54, 1.807) is 13.1 Å². The van der Waals surface area contributed by atoms with Gasteiger partial charge in [0.1, 0.15) is 21.7 Å². The molecule has 0 atom stereocenters. The number of ether oxygens (including phenoxy) is 1. The number of hydrogen-bond donors (Lipinski definition) is 1. The summed E-state index contributed by atoms with van der Waals surface area (Å²) in [6.07, 6.45) is 1.59. The Morgan fingerprint density at radius 1 is 1.48 bits per heavy atom. The number of thiazole rings is 1. The molecule has 0 amide bonds. The van der Waals surface area contributed by atoms with Crippen LogP contribution in [0.25, 0.3) is 5.57 Å². The minimum absolute atomic E-state index is 0.324. The number of nitriles is 1. The smallest absolute Gasteiger partial charge is 0.341 e. The van der Waals surface area contributed by atoms with E-state index in [0.29, 0.717) is 27.8 Å². The summed E-state index contributed by atoms with van der Waals surface area (Å²) in [5.41, 5.74) is 2.73. The van der Waals surface area contributed by atoms with Gasteiger partial charge in [0.05, 0.1) is 12.2 Å². The fourth-order valence-electron chi connectivity index (χ4n) is 1.93. The highest BCUT2D eigenvalue weighted by molar-refractivity contribution is 7.16. The summed E-state index contributed by atoms with van der Waals surface area (Å²) in [6, 6.07) is 2.13. The minimum atomic E-state index is -0.353. The number of anilines is 1. The molecule has 7 heteroatoms. The summed E-state index contributed by atoms with van der Waals surface area (Å²) in [5, 5.41) is 15.6. The van der Waals surface area contributed by atoms with Gasteiger partial charge in [-0.15, -0.1) is 22.7 Å². The van der Waals surface area contributed by atoms with Crippen LogP contribution in [-0.4, -0.2) is 17.6 Å². The monoisotopic (exact) mass is 347 g/mol. The molecule has 0 radical (unpaired) electrons. The van der Waals surface area contributed by atoms with Crippen LogP contribution in [0, 0.1) is 32.1 Å². The van der Waals surface area contributed by atoms with Crippen LogP contribution < -0.4 is 5.32 Å². The number of rotatable bonds is 5. The number of allylic oxidation sites excluding steroid dienone is 1. The Kier molecular flexibility index (Phi) is 5.53. The van der Waals surface area contributed by atoms with Crippen molar-refractivity contribution in [2.24, 2.45) is 0 Å². The molecule has 0 saturated carbocycles. The van der Waals surface area contributed by atoms with E-state index in [2.05, 4.69) is 16.4 Å². The Bertz CT molecular complexity index is 797. The average molecular weight is 347 g/mol. The molecular formula is C16H17N3O2S2. The number of nitrogens with zero attached hydrogens (tertiary/aromatic N) is 2. The number of nitrogens with one attached hydrogen (secondary N) is 1. The predicted molar refractivity (Wildman–Crippen MR) is 93.8 cm³/mol. The van der Waals surface area contributed by atoms with E-state index in [9.17, 15) is 10.1 Å². The van der Waals surface area contributed by atoms with E-state index in [-0.39, 0.29) is 5.97 Å². The van der Waals surface area contributed by atoms with Gasteiger partial charge in [0.2, 0.25) is 0 Å². The lowest BCUT2D eigenvalue weighted by Gasteiger charge is -2.05. The molecular weight excluding hydrogens is 330 g/mol. The summed E-state index contributed by atoms with van der Waals surface area (Å²) in [7, 11) is 0. The van der Waals surface area contributed by atoms with E-state index in [4.69, 9.17) is 4.74 Å². The maximum absolute atomic E-state index is 12.1. The van der Waals surface area contributed by atoms with Crippen molar-refractivity contribution in [1.29, 1.82) is 5.26 Å². The molecule has 0 aliphatic rings. The summed E-state index contributed by atoms with van der Waals surface area (Å²) in [4.78, 5) is 17.5. The molecule has 0 aliphatic carbocycles. The fourth-order valence-corrected chi connectivity index (χ4v) is 3.72. The van der Waals surface area contributed by atoms with Gasteiger partial charge in [-0.05, 0) is 33.3 Å². The quantitative estimate of drug-likeness (QED) is 0.645. The maximum Gasteiger partial charge on any atom is 0.341 e. The van der Waals surface area contributed by atoms with Gasteiger partial charge < -0.3 is 10.1 Å². The lowest BCUT2D eigenvalue weighted by atomic mass is 10.1. The number of aromatic nitrogens is 1. The van der Waals surface area contributed by atoms with Crippen molar-refractivity contribution in [3.05, 3.63) is 38.3 Å². The van der Waals surface area contributed by atoms with Crippen LogP contribution in [0.1, 0.15) is 38.4 Å². The van der Waals surface area contributed by atoms with Crippen LogP contribution in [0.3, 0.4) is 0 Å². The molecule has 2 rings (SSSR count). The van der Waals surface area contributed by atoms with Crippen LogP contribution >= 0.6 is 22.7 Å². The zero-order valence-corrected chi connectivity index (χ0v) is 15.0. The van der Waals surface area contributed by atoms with E-state index in [1.165, 1.54) is 22.7 Å². The summed E-state index contributed by atoms with van der Waals surface area (Å²) in [6.45, 7) is 7.82. The Morgan fingerprint density at radius 2 is 2.22 bits per heavy atom. The highest BCUT2D eigenvalue weighted by atomic mass is 32.1. The van der Waals surface area contributed by atoms with Gasteiger partial charge in [-0.3, -0.25) is 0 Å². The molecule has 2 heterocycles. The Labute approximate surface area is 143 Å². The first-order chi connectivity index (χ1) is 11.0. The summed E-state index contributed by atoms with van der Waals surface area (Å²) < 4.78 is 5.12. The number of carbonyl (C=O) groups excluding carboxylic acids is 1. The second-order valence-corrected chi connectivity index (χ2v) is 6.90. The summed E-state index contributed by atoms with van der Waals surface area (Å²) >= 11 is 2.88. The van der Waals surface area contributed by atoms with Crippen molar-refractivity contribution in [2.45, 2.75) is 27.7 Å². The van der Waals surface area contributed by atoms with E-state index in [1.807, 2.05) is 26.2 Å². The van der Waals surface area contributed by atoms with Crippen molar-refractivity contribution in [3.63, 3.8) is 0 Å². The molecule has 0 aromatic carbocycles. The van der Waals surface area contributed by atoms with Gasteiger partial charge in [-0.25, -0.2) is 9.78 Å². The predicted octanol–water partition coefficient (Wildman–Crippen LogP) is 4.28. The molecule has 23 heavy (non-hydrogen) atoms. The molecule has 2 aromatic heterocycles. The molecule has 0 bridgehead atoms. The number of thiophene rings is 1. The van der Waals surface area contributed by atoms with Gasteiger partial charge in [0.15, 0.2) is 0 Å². The van der Waals surface area contributed by atoms with Crippen molar-refractivity contribution >= 4 is 39.2 Å². The lowest BCUT2D eigenvalue weighted by molar-refractivity contribution is 0.0527. The zero-order valence-electron chi connectivity index (χ0n) is 13.4. The van der Waals surface area contributed by atoms with Gasteiger partial charge in [-0.2, -0.15) is 5.26 Å². The third-order valence-corrected chi connectivity index (χ3v) is 5.31. The third kappa shape index (κ3) is 3.78. The largest absolute Gasteiger partial charge is 0.462 e. The van der Waals surface area contributed by atoms with Crippen LogP contribution in [0.4, 0.5) is 5.00 Å². The molecule has 0 saturated heterocycles. The third-order valence-electron chi connectivity index (χ3n) is 3.18. The first-order valence-corrected chi connectivity index (χ1v) is 8.74. The maximum atomic E-state index is 12.1. The van der Waals surface area contributed by atoms with Gasteiger partial charge in [-0.1, -0.05) is 0 Å². The SMILES string of the molecule is CCOC(=O)c1c(N/C=C(\C#N)c2nc(C)cs2)sc(C)c1C. The molecule has 120 valence electrons. The second kappa shape index (κ2) is 7.40. The minimum Gasteiger partial charge on any atom is -0.462 e. The number of esters is 1. The summed E-state index contributed by atoms with van der Waals surface area (Å²) in [5.74, 6) is -0.353. The highest BCUT2D eigenvalue weighted by Gasteiger charge is 2.20. The van der Waals surface area contributed by atoms with Crippen molar-refractivity contribution in [2.75, 3.05) is 11.9 Å². The molecule has 0 aliphatic heterocycles. The van der Waals surface area contributed by atoms with Gasteiger partial charge >= 0.3 is 5.97 Å². The van der Waals surface area contributed by atoms with E-state index >= 15 is 0 Å². The van der Waals surface area contributed by atoms with E-state index in [0.717, 1.165) is 16.1 Å². The van der Waals surface area contributed by atoms with Crippen LogP contribution in [-0.2, 0) is 4.74 Å². The molecule has 0 unspecified atom stereocenters. The zero-order chi connectivity index (χ0) is 17.0. The molecule has 0 fully saturated rings. The number of carbonyl (C=O) groups is 1. The van der Waals surface area contributed by atoms with Crippen LogP contribution in [0.2, 0.25) is 0 Å². The number of aryl methyl sites for hydroxylation is 2. The van der Waals surface area contributed by atoms with Gasteiger partial charge in [0.25, 0.3) is 0 Å². The highest BCUT2D eigenvalue weighted by Crippen LogP contribution is 2.33. The van der Waals surface area contributed by atoms with Crippen molar-refractivity contribution in [1.82, 2.24) is 4.98 Å². The molecule has 1 N–H and O–H groups in total. The average Bonchev–Trinajstić information content (AvgIpc) is 3.05. The lowest BCUT2D eigenvalue weighted by Crippen LogP contribution is -2.07. The molecule has 5 nitrogen and oxygen atoms in total. The topological polar surface area (TPSA) is 75.0 Å². The Morgan fingerprint density at radius 3 is 2.78 bits per heavy atom. The van der Waals surface area contributed by atoms with Crippen molar-refractivity contribution < 1.29 is 9.53 Å². The van der Waals surface area contributed by atoms with Gasteiger partial charge in [0, 0.05) is 22.2 Å². The normalized spacial score (nSPS) is 11.2. The van der Waals surface area contributed by atoms with Crippen LogP contribution in [0.15, 0.2) is 11.6 Å². The van der Waals surface area contributed by atoms with E-state index < -0.39 is 0 Å². The van der Waals surface area contributed by atoms with Crippen molar-refractivity contribution in [3.8, 4) is 6.07 Å². The Balaban J connectivity index is 2.33. The molecule has 0 spiro atoms.